The molecule has 2 heterocycles. The van der Waals surface area contributed by atoms with E-state index in [9.17, 15) is 13.2 Å². The molecular formula is C22H25N5O3S. The van der Waals surface area contributed by atoms with Crippen LogP contribution in [0.15, 0.2) is 78.0 Å². The van der Waals surface area contributed by atoms with Gasteiger partial charge in [-0.05, 0) is 29.3 Å². The van der Waals surface area contributed by atoms with Crippen LogP contribution in [0.5, 0.6) is 0 Å². The second-order valence-electron chi connectivity index (χ2n) is 7.39. The number of rotatable bonds is 6. The molecule has 1 aliphatic rings. The zero-order chi connectivity index (χ0) is 21.7. The van der Waals surface area contributed by atoms with Gasteiger partial charge in [-0.15, -0.1) is 0 Å². The Kier molecular flexibility index (Phi) is 6.34. The first kappa shape index (κ1) is 21.1. The van der Waals surface area contributed by atoms with Crippen molar-refractivity contribution in [3.63, 3.8) is 0 Å². The van der Waals surface area contributed by atoms with E-state index in [0.29, 0.717) is 26.2 Å². The van der Waals surface area contributed by atoms with Crippen molar-refractivity contribution in [2.75, 3.05) is 26.2 Å². The van der Waals surface area contributed by atoms with Crippen molar-refractivity contribution in [2.24, 2.45) is 0 Å². The average Bonchev–Trinajstić information content (AvgIpc) is 3.31. The lowest BCUT2D eigenvalue weighted by Gasteiger charge is -2.34. The molecule has 1 aromatic heterocycles. The third-order valence-electron chi connectivity index (χ3n) is 5.25. The number of carbonyl (C=O) groups excluding carboxylic acids is 1. The largest absolute Gasteiger partial charge is 0.334 e. The van der Waals surface area contributed by atoms with Crippen LogP contribution in [0.3, 0.4) is 0 Å². The van der Waals surface area contributed by atoms with E-state index in [-0.39, 0.29) is 24.0 Å². The third-order valence-corrected chi connectivity index (χ3v) is 7.16. The molecule has 31 heavy (non-hydrogen) atoms. The summed E-state index contributed by atoms with van der Waals surface area (Å²) in [7, 11) is -3.52. The molecule has 4 rings (SSSR count). The summed E-state index contributed by atoms with van der Waals surface area (Å²) in [6.45, 7) is 2.36. The van der Waals surface area contributed by atoms with Crippen molar-refractivity contribution in [1.29, 1.82) is 0 Å². The Hall–Kier alpha value is -3.17. The van der Waals surface area contributed by atoms with E-state index in [1.54, 1.807) is 41.4 Å². The van der Waals surface area contributed by atoms with Crippen LogP contribution in [-0.2, 0) is 23.1 Å². The molecule has 0 atom stereocenters. The van der Waals surface area contributed by atoms with Gasteiger partial charge in [0.25, 0.3) is 0 Å². The van der Waals surface area contributed by atoms with Gasteiger partial charge in [0.2, 0.25) is 10.0 Å². The molecule has 1 N–H and O–H groups in total. The molecule has 0 aliphatic carbocycles. The molecule has 1 fully saturated rings. The molecule has 1 saturated heterocycles. The Bertz CT molecular complexity index is 1110. The fourth-order valence-electron chi connectivity index (χ4n) is 3.58. The van der Waals surface area contributed by atoms with Crippen molar-refractivity contribution in [1.82, 2.24) is 24.3 Å². The van der Waals surface area contributed by atoms with E-state index in [2.05, 4.69) is 10.4 Å². The monoisotopic (exact) mass is 439 g/mol. The predicted molar refractivity (Wildman–Crippen MR) is 117 cm³/mol. The number of nitrogens with zero attached hydrogens (tertiary/aromatic N) is 4. The van der Waals surface area contributed by atoms with Gasteiger partial charge in [-0.3, -0.25) is 4.68 Å². The fourth-order valence-corrected chi connectivity index (χ4v) is 5.02. The quantitative estimate of drug-likeness (QED) is 0.638. The Labute approximate surface area is 182 Å². The van der Waals surface area contributed by atoms with Crippen molar-refractivity contribution >= 4 is 16.1 Å². The zero-order valence-corrected chi connectivity index (χ0v) is 17.9. The highest BCUT2D eigenvalue weighted by atomic mass is 32.2. The lowest BCUT2D eigenvalue weighted by atomic mass is 10.1. The van der Waals surface area contributed by atoms with Gasteiger partial charge in [0, 0.05) is 45.1 Å². The molecule has 0 saturated carbocycles. The first-order valence-corrected chi connectivity index (χ1v) is 11.6. The molecule has 162 valence electrons. The normalized spacial score (nSPS) is 15.0. The summed E-state index contributed by atoms with van der Waals surface area (Å²) in [6, 6.07) is 18.1. The molecule has 2 aromatic carbocycles. The van der Waals surface area contributed by atoms with Crippen LogP contribution in [0.25, 0.3) is 0 Å². The van der Waals surface area contributed by atoms with E-state index in [0.717, 1.165) is 11.1 Å². The average molecular weight is 440 g/mol. The summed E-state index contributed by atoms with van der Waals surface area (Å²) in [6.07, 6.45) is 3.65. The highest BCUT2D eigenvalue weighted by Crippen LogP contribution is 2.17. The van der Waals surface area contributed by atoms with Gasteiger partial charge < -0.3 is 10.2 Å². The van der Waals surface area contributed by atoms with E-state index >= 15 is 0 Å². The summed E-state index contributed by atoms with van der Waals surface area (Å²) in [5.74, 6) is 0. The van der Waals surface area contributed by atoms with Gasteiger partial charge in [0.1, 0.15) is 0 Å². The molecule has 0 spiro atoms. The van der Waals surface area contributed by atoms with E-state index in [1.807, 2.05) is 41.2 Å². The molecule has 9 heteroatoms. The number of aromatic nitrogens is 2. The third kappa shape index (κ3) is 5.12. The minimum atomic E-state index is -3.52. The number of sulfonamides is 1. The van der Waals surface area contributed by atoms with Gasteiger partial charge in [-0.25, -0.2) is 13.2 Å². The van der Waals surface area contributed by atoms with Crippen molar-refractivity contribution in [2.45, 2.75) is 18.0 Å². The number of amides is 2. The summed E-state index contributed by atoms with van der Waals surface area (Å²) < 4.78 is 28.7. The van der Waals surface area contributed by atoms with E-state index in [1.165, 1.54) is 4.31 Å². The van der Waals surface area contributed by atoms with Crippen LogP contribution in [-0.4, -0.2) is 59.6 Å². The van der Waals surface area contributed by atoms with Crippen LogP contribution in [0.2, 0.25) is 0 Å². The maximum atomic E-state index is 12.7. The van der Waals surface area contributed by atoms with Crippen molar-refractivity contribution in [3.8, 4) is 0 Å². The van der Waals surface area contributed by atoms with Gasteiger partial charge in [0.15, 0.2) is 0 Å². The van der Waals surface area contributed by atoms with Crippen LogP contribution in [0.4, 0.5) is 4.79 Å². The second kappa shape index (κ2) is 9.32. The van der Waals surface area contributed by atoms with Gasteiger partial charge in [0.05, 0.1) is 11.4 Å². The van der Waals surface area contributed by atoms with E-state index < -0.39 is 10.0 Å². The topological polar surface area (TPSA) is 87.5 Å². The molecule has 0 unspecified atom stereocenters. The number of benzene rings is 2. The van der Waals surface area contributed by atoms with Crippen LogP contribution in [0.1, 0.15) is 11.1 Å². The van der Waals surface area contributed by atoms with Gasteiger partial charge in [-0.1, -0.05) is 42.5 Å². The number of hydrogen-bond donors (Lipinski definition) is 1. The maximum Gasteiger partial charge on any atom is 0.317 e. The molecule has 0 radical (unpaired) electrons. The second-order valence-corrected chi connectivity index (χ2v) is 9.32. The minimum Gasteiger partial charge on any atom is -0.334 e. The summed E-state index contributed by atoms with van der Waals surface area (Å²) in [5.41, 5.74) is 2.11. The number of hydrogen-bond acceptors (Lipinski definition) is 4. The Morgan fingerprint density at radius 3 is 2.39 bits per heavy atom. The van der Waals surface area contributed by atoms with Gasteiger partial charge in [-0.2, -0.15) is 9.40 Å². The predicted octanol–water partition coefficient (Wildman–Crippen LogP) is 2.15. The molecule has 1 aliphatic heterocycles. The van der Waals surface area contributed by atoms with Crippen molar-refractivity contribution in [3.05, 3.63) is 84.2 Å². The molecular weight excluding hydrogens is 414 g/mol. The maximum absolute atomic E-state index is 12.7. The summed E-state index contributed by atoms with van der Waals surface area (Å²) in [4.78, 5) is 14.5. The highest BCUT2D eigenvalue weighted by Gasteiger charge is 2.29. The fraction of sp³-hybridized carbons (Fsp3) is 0.273. The minimum absolute atomic E-state index is 0.186. The zero-order valence-electron chi connectivity index (χ0n) is 17.1. The first-order chi connectivity index (χ1) is 15.0. The number of piperazine rings is 1. The van der Waals surface area contributed by atoms with Crippen LogP contribution in [0, 0.1) is 0 Å². The molecule has 0 bridgehead atoms. The molecule has 2 amide bonds. The summed E-state index contributed by atoms with van der Waals surface area (Å²) in [5, 5.41) is 7.15. The number of nitrogens with one attached hydrogen (secondary N) is 1. The molecule has 3 aromatic rings. The Morgan fingerprint density at radius 2 is 1.68 bits per heavy atom. The highest BCUT2D eigenvalue weighted by molar-refractivity contribution is 7.89. The smallest absolute Gasteiger partial charge is 0.317 e. The van der Waals surface area contributed by atoms with E-state index in [4.69, 9.17) is 0 Å². The Balaban J connectivity index is 1.29. The SMILES string of the molecule is O=C(NCc1cccc(Cn2cccn2)c1)N1CCN(S(=O)(=O)c2ccccc2)CC1. The first-order valence-electron chi connectivity index (χ1n) is 10.2. The lowest BCUT2D eigenvalue weighted by Crippen LogP contribution is -2.52. The van der Waals surface area contributed by atoms with Crippen LogP contribution < -0.4 is 5.32 Å². The summed E-state index contributed by atoms with van der Waals surface area (Å²) >= 11 is 0. The Morgan fingerprint density at radius 1 is 0.935 bits per heavy atom. The van der Waals surface area contributed by atoms with Gasteiger partial charge >= 0.3 is 6.03 Å². The number of urea groups is 1. The molecule has 8 nitrogen and oxygen atoms in total. The van der Waals surface area contributed by atoms with Crippen LogP contribution >= 0.6 is 0 Å². The standard InChI is InChI=1S/C22H25N5O3S/c28-22(23-17-19-6-4-7-20(16-19)18-26-11-5-10-24-26)25-12-14-27(15-13-25)31(29,30)21-8-2-1-3-9-21/h1-11,16H,12-15,17-18H2,(H,23,28). The van der Waals surface area contributed by atoms with Crippen molar-refractivity contribution < 1.29 is 13.2 Å². The number of carbonyl (C=O) groups is 1. The lowest BCUT2D eigenvalue weighted by molar-refractivity contribution is 0.172.